The molecule has 0 heterocycles. The minimum absolute atomic E-state index is 0.203. The molecule has 0 aliphatic rings. The van der Waals surface area contributed by atoms with Crippen molar-refractivity contribution in [2.45, 2.75) is 19.9 Å². The standard InChI is InChI=1S/C15H15F2N/c1-9-7-11(3-6-15(9)17)14-8-12(16)4-5-13(14)10(2)18/h3-8,10H,18H2,1-2H3. The lowest BCUT2D eigenvalue weighted by Crippen LogP contribution is -2.07. The van der Waals surface area contributed by atoms with Gasteiger partial charge in [0.25, 0.3) is 0 Å². The van der Waals surface area contributed by atoms with E-state index in [0.717, 1.165) is 11.1 Å². The molecule has 0 aliphatic heterocycles. The highest BCUT2D eigenvalue weighted by molar-refractivity contribution is 5.68. The van der Waals surface area contributed by atoms with Gasteiger partial charge >= 0.3 is 0 Å². The van der Waals surface area contributed by atoms with Gasteiger partial charge in [-0.1, -0.05) is 12.1 Å². The van der Waals surface area contributed by atoms with E-state index < -0.39 is 0 Å². The highest BCUT2D eigenvalue weighted by Gasteiger charge is 2.11. The van der Waals surface area contributed by atoms with Crippen molar-refractivity contribution in [1.82, 2.24) is 0 Å². The fraction of sp³-hybridized carbons (Fsp3) is 0.200. The molecule has 0 fully saturated rings. The summed E-state index contributed by atoms with van der Waals surface area (Å²) in [5.41, 5.74) is 8.75. The summed E-state index contributed by atoms with van der Waals surface area (Å²) in [5, 5.41) is 0. The third-order valence-corrected chi connectivity index (χ3v) is 2.97. The van der Waals surface area contributed by atoms with Gasteiger partial charge in [-0.05, 0) is 60.4 Å². The summed E-state index contributed by atoms with van der Waals surface area (Å²) in [6.45, 7) is 3.52. The Bertz CT molecular complexity index is 577. The normalized spacial score (nSPS) is 12.5. The van der Waals surface area contributed by atoms with Gasteiger partial charge in [0.15, 0.2) is 0 Å². The van der Waals surface area contributed by atoms with Crippen LogP contribution in [0.4, 0.5) is 8.78 Å². The lowest BCUT2D eigenvalue weighted by Gasteiger charge is -2.13. The maximum absolute atomic E-state index is 13.4. The van der Waals surface area contributed by atoms with Crippen LogP contribution in [0.2, 0.25) is 0 Å². The highest BCUT2D eigenvalue weighted by Crippen LogP contribution is 2.29. The van der Waals surface area contributed by atoms with Gasteiger partial charge in [0, 0.05) is 6.04 Å². The third-order valence-electron chi connectivity index (χ3n) is 2.97. The molecule has 2 aromatic carbocycles. The zero-order valence-corrected chi connectivity index (χ0v) is 10.4. The molecule has 0 saturated heterocycles. The van der Waals surface area contributed by atoms with Crippen LogP contribution in [0.3, 0.4) is 0 Å². The van der Waals surface area contributed by atoms with Crippen LogP contribution in [-0.2, 0) is 0 Å². The minimum Gasteiger partial charge on any atom is -0.324 e. The molecule has 1 atom stereocenters. The summed E-state index contributed by atoms with van der Waals surface area (Å²) in [5.74, 6) is -0.589. The molecule has 1 unspecified atom stereocenters. The van der Waals surface area contributed by atoms with Gasteiger partial charge in [-0.3, -0.25) is 0 Å². The van der Waals surface area contributed by atoms with Crippen molar-refractivity contribution in [2.75, 3.05) is 0 Å². The maximum Gasteiger partial charge on any atom is 0.126 e. The molecule has 0 spiro atoms. The summed E-state index contributed by atoms with van der Waals surface area (Å²) < 4.78 is 26.6. The van der Waals surface area contributed by atoms with Gasteiger partial charge in [0.05, 0.1) is 0 Å². The Morgan fingerprint density at radius 3 is 2.39 bits per heavy atom. The number of hydrogen-bond acceptors (Lipinski definition) is 1. The molecule has 0 bridgehead atoms. The fourth-order valence-electron chi connectivity index (χ4n) is 1.99. The lowest BCUT2D eigenvalue weighted by atomic mass is 9.95. The molecular formula is C15H15F2N. The number of aryl methyl sites for hydroxylation is 1. The van der Waals surface area contributed by atoms with Crippen LogP contribution in [0.5, 0.6) is 0 Å². The van der Waals surface area contributed by atoms with Crippen LogP contribution in [0, 0.1) is 18.6 Å². The van der Waals surface area contributed by atoms with Gasteiger partial charge in [-0.25, -0.2) is 8.78 Å². The molecule has 0 aromatic heterocycles. The Morgan fingerprint density at radius 1 is 1.06 bits per heavy atom. The number of nitrogens with two attached hydrogens (primary N) is 1. The summed E-state index contributed by atoms with van der Waals surface area (Å²) in [7, 11) is 0. The average molecular weight is 247 g/mol. The van der Waals surface area contributed by atoms with E-state index in [2.05, 4.69) is 0 Å². The van der Waals surface area contributed by atoms with Gasteiger partial charge in [-0.15, -0.1) is 0 Å². The lowest BCUT2D eigenvalue weighted by molar-refractivity contribution is 0.618. The quantitative estimate of drug-likeness (QED) is 0.854. The Kier molecular flexibility index (Phi) is 3.43. The van der Waals surface area contributed by atoms with E-state index in [9.17, 15) is 8.78 Å². The predicted molar refractivity (Wildman–Crippen MR) is 69.1 cm³/mol. The Morgan fingerprint density at radius 2 is 1.78 bits per heavy atom. The van der Waals surface area contributed by atoms with E-state index in [0.29, 0.717) is 11.1 Å². The highest BCUT2D eigenvalue weighted by atomic mass is 19.1. The summed E-state index contributed by atoms with van der Waals surface area (Å²) in [4.78, 5) is 0. The zero-order chi connectivity index (χ0) is 13.3. The van der Waals surface area contributed by atoms with E-state index in [1.807, 2.05) is 6.92 Å². The van der Waals surface area contributed by atoms with Crippen molar-refractivity contribution in [3.05, 3.63) is 59.2 Å². The topological polar surface area (TPSA) is 26.0 Å². The van der Waals surface area contributed by atoms with Gasteiger partial charge < -0.3 is 5.73 Å². The van der Waals surface area contributed by atoms with E-state index in [-0.39, 0.29) is 17.7 Å². The minimum atomic E-state index is -0.323. The Labute approximate surface area is 105 Å². The fourth-order valence-corrected chi connectivity index (χ4v) is 1.99. The van der Waals surface area contributed by atoms with Gasteiger partial charge in [-0.2, -0.15) is 0 Å². The van der Waals surface area contributed by atoms with Crippen molar-refractivity contribution >= 4 is 0 Å². The van der Waals surface area contributed by atoms with Crippen molar-refractivity contribution < 1.29 is 8.78 Å². The summed E-state index contributed by atoms with van der Waals surface area (Å²) in [6.07, 6.45) is 0. The SMILES string of the molecule is Cc1cc(-c2cc(F)ccc2C(C)N)ccc1F. The number of benzene rings is 2. The summed E-state index contributed by atoms with van der Waals surface area (Å²) >= 11 is 0. The largest absolute Gasteiger partial charge is 0.324 e. The molecule has 2 N–H and O–H groups in total. The molecule has 3 heteroatoms. The molecule has 2 aromatic rings. The first-order valence-corrected chi connectivity index (χ1v) is 5.80. The van der Waals surface area contributed by atoms with Crippen LogP contribution in [0.15, 0.2) is 36.4 Å². The molecule has 0 saturated carbocycles. The average Bonchev–Trinajstić information content (AvgIpc) is 2.32. The molecule has 0 amide bonds. The van der Waals surface area contributed by atoms with E-state index >= 15 is 0 Å². The van der Waals surface area contributed by atoms with Crippen LogP contribution < -0.4 is 5.73 Å². The number of hydrogen-bond donors (Lipinski definition) is 1. The Balaban J connectivity index is 2.61. The molecule has 18 heavy (non-hydrogen) atoms. The van der Waals surface area contributed by atoms with Crippen LogP contribution in [0.25, 0.3) is 11.1 Å². The van der Waals surface area contributed by atoms with Gasteiger partial charge in [0.1, 0.15) is 11.6 Å². The van der Waals surface area contributed by atoms with Crippen LogP contribution in [0.1, 0.15) is 24.1 Å². The first kappa shape index (κ1) is 12.7. The summed E-state index contributed by atoms with van der Waals surface area (Å²) in [6, 6.07) is 9.03. The number of rotatable bonds is 2. The van der Waals surface area contributed by atoms with E-state index in [4.69, 9.17) is 5.73 Å². The van der Waals surface area contributed by atoms with Crippen LogP contribution in [-0.4, -0.2) is 0 Å². The monoisotopic (exact) mass is 247 g/mol. The molecule has 0 radical (unpaired) electrons. The van der Waals surface area contributed by atoms with Gasteiger partial charge in [0.2, 0.25) is 0 Å². The van der Waals surface area contributed by atoms with Crippen molar-refractivity contribution in [3.8, 4) is 11.1 Å². The Hall–Kier alpha value is -1.74. The van der Waals surface area contributed by atoms with Crippen LogP contribution >= 0.6 is 0 Å². The van der Waals surface area contributed by atoms with E-state index in [1.165, 1.54) is 18.2 Å². The second-order valence-electron chi connectivity index (χ2n) is 4.48. The third kappa shape index (κ3) is 2.41. The molecule has 2 rings (SSSR count). The second kappa shape index (κ2) is 4.86. The van der Waals surface area contributed by atoms with E-state index in [1.54, 1.807) is 25.1 Å². The smallest absolute Gasteiger partial charge is 0.126 e. The second-order valence-corrected chi connectivity index (χ2v) is 4.48. The molecule has 1 nitrogen and oxygen atoms in total. The van der Waals surface area contributed by atoms with Crippen molar-refractivity contribution in [2.24, 2.45) is 5.73 Å². The molecule has 0 aliphatic carbocycles. The number of halogens is 2. The molecule has 94 valence electrons. The predicted octanol–water partition coefficient (Wildman–Crippen LogP) is 3.96. The molecular weight excluding hydrogens is 232 g/mol. The zero-order valence-electron chi connectivity index (χ0n) is 10.4. The van der Waals surface area contributed by atoms with Crippen molar-refractivity contribution in [1.29, 1.82) is 0 Å². The maximum atomic E-state index is 13.4. The first-order chi connectivity index (χ1) is 8.49. The first-order valence-electron chi connectivity index (χ1n) is 5.80. The van der Waals surface area contributed by atoms with Crippen molar-refractivity contribution in [3.63, 3.8) is 0 Å².